The van der Waals surface area contributed by atoms with E-state index < -0.39 is 0 Å². The van der Waals surface area contributed by atoms with Crippen molar-refractivity contribution in [2.24, 2.45) is 10.8 Å². The predicted octanol–water partition coefficient (Wildman–Crippen LogP) is 3.99. The van der Waals surface area contributed by atoms with Gasteiger partial charge in [-0.1, -0.05) is 76.2 Å². The minimum atomic E-state index is 0.376. The molecule has 1 aliphatic rings. The number of hydrogen-bond donors (Lipinski definition) is 0. The molecule has 1 heteroatoms. The van der Waals surface area contributed by atoms with Crippen LogP contribution in [0.4, 0.5) is 0 Å². The molecule has 1 radical (unpaired) electrons. The van der Waals surface area contributed by atoms with Gasteiger partial charge >= 0.3 is 0 Å². The van der Waals surface area contributed by atoms with Crippen molar-refractivity contribution in [3.05, 3.63) is 29.8 Å². The number of benzene rings is 1. The molecule has 0 nitrogen and oxygen atoms in total. The first-order valence-corrected chi connectivity index (χ1v) is 6.72. The van der Waals surface area contributed by atoms with Crippen LogP contribution in [0.2, 0.25) is 6.32 Å². The summed E-state index contributed by atoms with van der Waals surface area (Å²) in [5.74, 6) is 0.693. The third kappa shape index (κ3) is 2.76. The Kier molecular flexibility index (Phi) is 3.14. The second-order valence-corrected chi connectivity index (χ2v) is 7.35. The molecule has 0 aliphatic carbocycles. The Balaban J connectivity index is 2.25. The Morgan fingerprint density at radius 3 is 2.41 bits per heavy atom. The monoisotopic (exact) mass is 227 g/mol. The zero-order valence-corrected chi connectivity index (χ0v) is 11.9. The van der Waals surface area contributed by atoms with Crippen molar-refractivity contribution in [3.8, 4) is 0 Å². The van der Waals surface area contributed by atoms with E-state index in [2.05, 4.69) is 66.2 Å². The van der Waals surface area contributed by atoms with Gasteiger partial charge in [0.1, 0.15) is 0 Å². The van der Waals surface area contributed by atoms with Gasteiger partial charge in [-0.25, -0.2) is 0 Å². The lowest BCUT2D eigenvalue weighted by molar-refractivity contribution is 0.183. The van der Waals surface area contributed by atoms with Crippen molar-refractivity contribution in [2.45, 2.75) is 53.3 Å². The van der Waals surface area contributed by atoms with Gasteiger partial charge in [0.15, 0.2) is 7.28 Å². The molecule has 0 aromatic heterocycles. The maximum absolute atomic E-state index is 2.43. The van der Waals surface area contributed by atoms with E-state index in [4.69, 9.17) is 0 Å². The van der Waals surface area contributed by atoms with Gasteiger partial charge in [0, 0.05) is 0 Å². The van der Waals surface area contributed by atoms with Crippen LogP contribution in [0.1, 0.15) is 52.5 Å². The van der Waals surface area contributed by atoms with Gasteiger partial charge in [0.2, 0.25) is 0 Å². The molecular formula is C16H24B. The highest BCUT2D eigenvalue weighted by Gasteiger charge is 2.37. The van der Waals surface area contributed by atoms with Crippen LogP contribution in [0, 0.1) is 10.8 Å². The first-order chi connectivity index (χ1) is 7.80. The standard InChI is InChI=1S/C16H24B/c1-15(2,3)11-16(4,5)13-10-17-14-9-7-6-8-12(13)14/h6-9,13H,10-11H2,1-5H3. The molecule has 91 valence electrons. The van der Waals surface area contributed by atoms with Gasteiger partial charge < -0.3 is 0 Å². The average molecular weight is 227 g/mol. The highest BCUT2D eigenvalue weighted by atomic mass is 14.4. The maximum Gasteiger partial charge on any atom is 0.152 e. The van der Waals surface area contributed by atoms with Crippen LogP contribution in [-0.2, 0) is 0 Å². The van der Waals surface area contributed by atoms with Crippen LogP contribution in [0.25, 0.3) is 0 Å². The SMILES string of the molecule is CC(C)(C)CC(C)(C)C1C[B]c2ccccc21. The van der Waals surface area contributed by atoms with Crippen molar-refractivity contribution >= 4 is 12.7 Å². The van der Waals surface area contributed by atoms with Gasteiger partial charge in [0.05, 0.1) is 0 Å². The summed E-state index contributed by atoms with van der Waals surface area (Å²) in [6.07, 6.45) is 2.48. The fourth-order valence-corrected chi connectivity index (χ4v) is 3.62. The molecule has 1 unspecified atom stereocenters. The number of hydrogen-bond acceptors (Lipinski definition) is 0. The van der Waals surface area contributed by atoms with Crippen LogP contribution in [0.3, 0.4) is 0 Å². The van der Waals surface area contributed by atoms with Crippen molar-refractivity contribution in [1.82, 2.24) is 0 Å². The van der Waals surface area contributed by atoms with E-state index in [1.54, 1.807) is 5.56 Å². The molecule has 0 fully saturated rings. The Hall–Kier alpha value is -0.715. The Morgan fingerprint density at radius 1 is 1.12 bits per heavy atom. The molecule has 1 aromatic carbocycles. The van der Waals surface area contributed by atoms with Crippen molar-refractivity contribution in [2.75, 3.05) is 0 Å². The molecule has 2 rings (SSSR count). The summed E-state index contributed by atoms with van der Waals surface area (Å²) in [6, 6.07) is 8.89. The molecule has 0 amide bonds. The van der Waals surface area contributed by atoms with Crippen LogP contribution < -0.4 is 5.46 Å². The van der Waals surface area contributed by atoms with Crippen LogP contribution in [0.15, 0.2) is 24.3 Å². The first-order valence-electron chi connectivity index (χ1n) is 6.72. The van der Waals surface area contributed by atoms with Gasteiger partial charge in [0.25, 0.3) is 0 Å². The Labute approximate surface area is 107 Å². The molecule has 17 heavy (non-hydrogen) atoms. The summed E-state index contributed by atoms with van der Waals surface area (Å²) in [7, 11) is 2.41. The summed E-state index contributed by atoms with van der Waals surface area (Å²) >= 11 is 0. The topological polar surface area (TPSA) is 0 Å². The fraction of sp³-hybridized carbons (Fsp3) is 0.625. The Morgan fingerprint density at radius 2 is 1.76 bits per heavy atom. The molecule has 1 heterocycles. The summed E-state index contributed by atoms with van der Waals surface area (Å²) in [5.41, 5.74) is 3.80. The second-order valence-electron chi connectivity index (χ2n) is 7.35. The van der Waals surface area contributed by atoms with Crippen LogP contribution in [0.5, 0.6) is 0 Å². The van der Waals surface area contributed by atoms with E-state index in [0.29, 0.717) is 16.7 Å². The molecule has 0 bridgehead atoms. The smallest absolute Gasteiger partial charge is 0.0844 e. The zero-order valence-electron chi connectivity index (χ0n) is 11.9. The van der Waals surface area contributed by atoms with E-state index in [1.807, 2.05) is 0 Å². The molecule has 0 saturated carbocycles. The van der Waals surface area contributed by atoms with E-state index >= 15 is 0 Å². The summed E-state index contributed by atoms with van der Waals surface area (Å²) in [6.45, 7) is 11.9. The van der Waals surface area contributed by atoms with Crippen molar-refractivity contribution in [3.63, 3.8) is 0 Å². The van der Waals surface area contributed by atoms with Crippen LogP contribution >= 0.6 is 0 Å². The molecule has 1 atom stereocenters. The third-order valence-corrected chi connectivity index (χ3v) is 3.87. The molecular weight excluding hydrogens is 203 g/mol. The number of fused-ring (bicyclic) bond motifs is 1. The average Bonchev–Trinajstić information content (AvgIpc) is 2.57. The minimum absolute atomic E-state index is 0.376. The number of rotatable bonds is 2. The minimum Gasteiger partial charge on any atom is -0.0844 e. The Bertz CT molecular complexity index is 398. The van der Waals surface area contributed by atoms with Crippen LogP contribution in [-0.4, -0.2) is 7.28 Å². The lowest BCUT2D eigenvalue weighted by Crippen LogP contribution is -2.26. The highest BCUT2D eigenvalue weighted by molar-refractivity contribution is 6.56. The lowest BCUT2D eigenvalue weighted by Gasteiger charge is -2.38. The van der Waals surface area contributed by atoms with Crippen molar-refractivity contribution < 1.29 is 0 Å². The van der Waals surface area contributed by atoms with E-state index in [1.165, 1.54) is 18.2 Å². The molecule has 1 aliphatic heterocycles. The summed E-state index contributed by atoms with van der Waals surface area (Å²) in [4.78, 5) is 0. The van der Waals surface area contributed by atoms with E-state index in [-0.39, 0.29) is 0 Å². The third-order valence-electron chi connectivity index (χ3n) is 3.87. The van der Waals surface area contributed by atoms with Gasteiger partial charge in [-0.05, 0) is 23.2 Å². The first kappa shape index (κ1) is 12.7. The largest absolute Gasteiger partial charge is 0.152 e. The highest BCUT2D eigenvalue weighted by Crippen LogP contribution is 2.47. The summed E-state index contributed by atoms with van der Waals surface area (Å²) < 4.78 is 0. The second kappa shape index (κ2) is 4.19. The molecule has 0 spiro atoms. The van der Waals surface area contributed by atoms with E-state index in [0.717, 1.165) is 0 Å². The lowest BCUT2D eigenvalue weighted by atomic mass is 9.64. The molecule has 0 N–H and O–H groups in total. The van der Waals surface area contributed by atoms with E-state index in [9.17, 15) is 0 Å². The quantitative estimate of drug-likeness (QED) is 0.670. The van der Waals surface area contributed by atoms with Gasteiger partial charge in [-0.15, -0.1) is 0 Å². The van der Waals surface area contributed by atoms with Gasteiger partial charge in [-0.3, -0.25) is 0 Å². The van der Waals surface area contributed by atoms with Gasteiger partial charge in [-0.2, -0.15) is 0 Å². The fourth-order valence-electron chi connectivity index (χ4n) is 3.62. The normalized spacial score (nSPS) is 19.9. The molecule has 0 saturated heterocycles. The molecule has 1 aromatic rings. The maximum atomic E-state index is 2.43. The predicted molar refractivity (Wildman–Crippen MR) is 77.2 cm³/mol. The van der Waals surface area contributed by atoms with Crippen molar-refractivity contribution in [1.29, 1.82) is 0 Å². The summed E-state index contributed by atoms with van der Waals surface area (Å²) in [5, 5.41) is 0. The zero-order chi connectivity index (χ0) is 12.7.